The molecule has 1 saturated heterocycles. The summed E-state index contributed by atoms with van der Waals surface area (Å²) in [4.78, 5) is 27.4. The second kappa shape index (κ2) is 9.08. The van der Waals surface area contributed by atoms with Crippen molar-refractivity contribution in [1.82, 2.24) is 4.90 Å². The minimum absolute atomic E-state index is 0.0484. The van der Waals surface area contributed by atoms with Crippen LogP contribution >= 0.6 is 0 Å². The van der Waals surface area contributed by atoms with Gasteiger partial charge in [0.05, 0.1) is 12.7 Å². The summed E-state index contributed by atoms with van der Waals surface area (Å²) in [6.45, 7) is 4.51. The molecule has 2 aromatic rings. The Morgan fingerprint density at radius 1 is 1.09 bits per heavy atom. The number of hydrogen-bond acceptors (Lipinski definition) is 4. The molecule has 166 valence electrons. The van der Waals surface area contributed by atoms with Gasteiger partial charge < -0.3 is 14.4 Å². The van der Waals surface area contributed by atoms with Crippen molar-refractivity contribution in [1.29, 1.82) is 0 Å². The maximum Gasteiger partial charge on any atom is 0.409 e. The molecule has 1 saturated carbocycles. The number of carbonyl (C=O) groups excluding carboxylic acids is 2. The summed E-state index contributed by atoms with van der Waals surface area (Å²) in [5, 5.41) is 0. The van der Waals surface area contributed by atoms with Gasteiger partial charge in [-0.1, -0.05) is 36.3 Å². The zero-order chi connectivity index (χ0) is 22.7. The number of esters is 1. The average Bonchev–Trinajstić information content (AvgIpc) is 3.23. The van der Waals surface area contributed by atoms with Crippen LogP contribution in [-0.4, -0.2) is 42.3 Å². The molecule has 0 radical (unpaired) electrons. The molecule has 1 aliphatic carbocycles. The summed E-state index contributed by atoms with van der Waals surface area (Å²) >= 11 is 0. The lowest BCUT2D eigenvalue weighted by Gasteiger charge is -2.42. The zero-order valence-corrected chi connectivity index (χ0v) is 18.9. The van der Waals surface area contributed by atoms with Crippen LogP contribution in [-0.2, 0) is 9.47 Å². The predicted octanol–water partition coefficient (Wildman–Crippen LogP) is 4.89. The van der Waals surface area contributed by atoms with E-state index in [1.165, 1.54) is 7.11 Å². The van der Waals surface area contributed by atoms with Crippen LogP contribution in [0.5, 0.6) is 0 Å². The zero-order valence-electron chi connectivity index (χ0n) is 18.9. The summed E-state index contributed by atoms with van der Waals surface area (Å²) in [5.41, 5.74) is 2.49. The number of likely N-dealkylation sites (tertiary alicyclic amines) is 1. The molecular weight excluding hydrogens is 402 g/mol. The first-order valence-electron chi connectivity index (χ1n) is 11.2. The fourth-order valence-corrected chi connectivity index (χ4v) is 5.09. The fraction of sp³-hybridized carbons (Fsp3) is 0.407. The van der Waals surface area contributed by atoms with Gasteiger partial charge in [0.25, 0.3) is 0 Å². The number of nitrogens with zero attached hydrogens (tertiary/aromatic N) is 1. The van der Waals surface area contributed by atoms with Crippen LogP contribution < -0.4 is 0 Å². The van der Waals surface area contributed by atoms with E-state index in [0.29, 0.717) is 18.5 Å². The molecule has 0 aromatic heterocycles. The van der Waals surface area contributed by atoms with E-state index in [1.54, 1.807) is 11.0 Å². The van der Waals surface area contributed by atoms with Crippen LogP contribution in [0.3, 0.4) is 0 Å². The Hall–Kier alpha value is -3.26. The van der Waals surface area contributed by atoms with Gasteiger partial charge in [-0.25, -0.2) is 9.59 Å². The summed E-state index contributed by atoms with van der Waals surface area (Å²) in [6.07, 6.45) is 2.72. The van der Waals surface area contributed by atoms with Gasteiger partial charge in [-0.15, -0.1) is 0 Å². The number of carbonyl (C=O) groups is 2. The first-order valence-corrected chi connectivity index (χ1v) is 11.2. The molecule has 1 amide bonds. The van der Waals surface area contributed by atoms with Crippen molar-refractivity contribution in [3.05, 3.63) is 70.8 Å². The molecule has 2 fully saturated rings. The average molecular weight is 432 g/mol. The van der Waals surface area contributed by atoms with Crippen LogP contribution in [0.25, 0.3) is 0 Å². The first-order chi connectivity index (χ1) is 15.4. The Labute approximate surface area is 189 Å². The number of benzene rings is 2. The van der Waals surface area contributed by atoms with E-state index in [1.807, 2.05) is 56.3 Å². The molecule has 4 rings (SSSR count). The van der Waals surface area contributed by atoms with Gasteiger partial charge in [0.2, 0.25) is 0 Å². The lowest BCUT2D eigenvalue weighted by Crippen LogP contribution is -2.51. The molecule has 5 nitrogen and oxygen atoms in total. The minimum Gasteiger partial charge on any atom is -0.453 e. The normalized spacial score (nSPS) is 24.2. The van der Waals surface area contributed by atoms with E-state index in [0.717, 1.165) is 36.0 Å². The number of amides is 1. The fourth-order valence-electron chi connectivity index (χ4n) is 5.09. The number of ether oxygens (including phenoxy) is 2. The third kappa shape index (κ3) is 4.23. The molecule has 5 heteroatoms. The number of methoxy groups -OCH3 is 1. The molecule has 32 heavy (non-hydrogen) atoms. The summed E-state index contributed by atoms with van der Waals surface area (Å²) in [6, 6.07) is 15.4. The van der Waals surface area contributed by atoms with Gasteiger partial charge in [0, 0.05) is 24.1 Å². The summed E-state index contributed by atoms with van der Waals surface area (Å²) in [7, 11) is 1.40. The highest BCUT2D eigenvalue weighted by Crippen LogP contribution is 2.45. The van der Waals surface area contributed by atoms with Gasteiger partial charge in [-0.05, 0) is 74.8 Å². The Kier molecular flexibility index (Phi) is 6.23. The molecule has 2 aromatic carbocycles. The molecule has 0 bridgehead atoms. The largest absolute Gasteiger partial charge is 0.453 e. The number of hydrogen-bond donors (Lipinski definition) is 0. The van der Waals surface area contributed by atoms with Crippen LogP contribution in [0.4, 0.5) is 4.79 Å². The molecule has 1 aliphatic heterocycles. The third-order valence-electron chi connectivity index (χ3n) is 6.68. The number of aryl methyl sites for hydroxylation is 2. The highest BCUT2D eigenvalue weighted by atomic mass is 16.6. The molecule has 0 spiro atoms. The van der Waals surface area contributed by atoms with Gasteiger partial charge in [-0.3, -0.25) is 0 Å². The van der Waals surface area contributed by atoms with Crippen molar-refractivity contribution in [3.63, 3.8) is 0 Å². The van der Waals surface area contributed by atoms with E-state index in [4.69, 9.17) is 9.47 Å². The standard InChI is InChI=1S/C27H29NO4/c1-19-8-6-10-21(18-19)13-16-27(32-25(29)22-11-5-4-9-20(22)2)15-7-12-24-23(27)14-17-28(24)26(30)31-3/h4-6,8-11,18,23-24H,7,12,14-15,17H2,1-3H3/t23-,24-,27-/m1/s1. The minimum atomic E-state index is -0.950. The highest BCUT2D eigenvalue weighted by molar-refractivity contribution is 5.91. The highest BCUT2D eigenvalue weighted by Gasteiger charge is 2.54. The van der Waals surface area contributed by atoms with Gasteiger partial charge in [-0.2, -0.15) is 0 Å². The summed E-state index contributed by atoms with van der Waals surface area (Å²) in [5.74, 6) is 6.23. The van der Waals surface area contributed by atoms with Gasteiger partial charge >= 0.3 is 12.1 Å². The second-order valence-electron chi connectivity index (χ2n) is 8.73. The van der Waals surface area contributed by atoms with Crippen molar-refractivity contribution in [2.75, 3.05) is 13.7 Å². The Bertz CT molecular complexity index is 1080. The first kappa shape index (κ1) is 22.0. The topological polar surface area (TPSA) is 55.8 Å². The number of fused-ring (bicyclic) bond motifs is 1. The van der Waals surface area contributed by atoms with Gasteiger partial charge in [0.1, 0.15) is 0 Å². The van der Waals surface area contributed by atoms with Crippen molar-refractivity contribution in [2.24, 2.45) is 5.92 Å². The van der Waals surface area contributed by atoms with E-state index in [9.17, 15) is 9.59 Å². The molecular formula is C27H29NO4. The Morgan fingerprint density at radius 2 is 1.91 bits per heavy atom. The third-order valence-corrected chi connectivity index (χ3v) is 6.68. The SMILES string of the molecule is COC(=O)N1CC[C@@H]2[C@H]1CCC[C@]2(C#Cc1cccc(C)c1)OC(=O)c1ccccc1C. The summed E-state index contributed by atoms with van der Waals surface area (Å²) < 4.78 is 11.3. The Balaban J connectivity index is 1.73. The van der Waals surface area contributed by atoms with E-state index in [2.05, 4.69) is 11.8 Å². The van der Waals surface area contributed by atoms with Crippen molar-refractivity contribution < 1.29 is 19.1 Å². The van der Waals surface area contributed by atoms with Crippen molar-refractivity contribution in [2.45, 2.75) is 51.2 Å². The maximum atomic E-state index is 13.3. The molecule has 2 aliphatic rings. The molecule has 0 unspecified atom stereocenters. The van der Waals surface area contributed by atoms with E-state index < -0.39 is 5.60 Å². The van der Waals surface area contributed by atoms with E-state index in [-0.39, 0.29) is 24.0 Å². The van der Waals surface area contributed by atoms with Crippen LogP contribution in [0.15, 0.2) is 48.5 Å². The lowest BCUT2D eigenvalue weighted by atomic mass is 9.72. The van der Waals surface area contributed by atoms with Crippen molar-refractivity contribution >= 4 is 12.1 Å². The monoisotopic (exact) mass is 431 g/mol. The Morgan fingerprint density at radius 3 is 2.66 bits per heavy atom. The van der Waals surface area contributed by atoms with Gasteiger partial charge in [0.15, 0.2) is 5.60 Å². The molecule has 3 atom stereocenters. The smallest absolute Gasteiger partial charge is 0.409 e. The second-order valence-corrected chi connectivity index (χ2v) is 8.73. The predicted molar refractivity (Wildman–Crippen MR) is 122 cm³/mol. The van der Waals surface area contributed by atoms with Crippen LogP contribution in [0, 0.1) is 31.6 Å². The van der Waals surface area contributed by atoms with Crippen LogP contribution in [0.1, 0.15) is 52.7 Å². The van der Waals surface area contributed by atoms with Crippen LogP contribution in [0.2, 0.25) is 0 Å². The molecule has 0 N–H and O–H groups in total. The quantitative estimate of drug-likeness (QED) is 0.502. The maximum absolute atomic E-state index is 13.3. The van der Waals surface area contributed by atoms with E-state index >= 15 is 0 Å². The number of rotatable bonds is 2. The lowest BCUT2D eigenvalue weighted by molar-refractivity contribution is -0.0445. The van der Waals surface area contributed by atoms with Crippen molar-refractivity contribution in [3.8, 4) is 11.8 Å². The molecule has 1 heterocycles.